The lowest BCUT2D eigenvalue weighted by Gasteiger charge is -2.28. The molecule has 0 spiro atoms. The number of hydrogen-bond acceptors (Lipinski definition) is 6. The second kappa shape index (κ2) is 5.59. The Morgan fingerprint density at radius 3 is 2.58 bits per heavy atom. The molecule has 2 rings (SSSR count). The zero-order valence-corrected chi connectivity index (χ0v) is 12.5. The third kappa shape index (κ3) is 2.72. The first-order chi connectivity index (χ1) is 9.06. The number of aromatic nitrogens is 3. The van der Waals surface area contributed by atoms with Crippen LogP contribution in [0.25, 0.3) is 0 Å². The van der Waals surface area contributed by atoms with Crippen molar-refractivity contribution in [1.82, 2.24) is 15.0 Å². The lowest BCUT2D eigenvalue weighted by molar-refractivity contribution is 0.611. The van der Waals surface area contributed by atoms with Crippen molar-refractivity contribution in [2.24, 2.45) is 0 Å². The van der Waals surface area contributed by atoms with Crippen LogP contribution in [0.4, 0.5) is 17.8 Å². The maximum Gasteiger partial charge on any atom is 0.232 e. The van der Waals surface area contributed by atoms with Crippen molar-refractivity contribution in [1.29, 1.82) is 0 Å². The summed E-state index contributed by atoms with van der Waals surface area (Å²) < 4.78 is 0. The molecule has 1 aromatic heterocycles. The largest absolute Gasteiger partial charge is 0.357 e. The highest BCUT2D eigenvalue weighted by molar-refractivity contribution is 5.46. The van der Waals surface area contributed by atoms with Gasteiger partial charge in [-0.15, -0.1) is 0 Å². The molecule has 0 amide bonds. The Labute approximate surface area is 115 Å². The summed E-state index contributed by atoms with van der Waals surface area (Å²) in [6.45, 7) is 4.47. The second-order valence-corrected chi connectivity index (χ2v) is 5.30. The SMILES string of the molecule is CCC1CCC(C)N1c1nc(NC)nc(N(C)C)n1. The van der Waals surface area contributed by atoms with Gasteiger partial charge in [-0.3, -0.25) is 0 Å². The average Bonchev–Trinajstić information content (AvgIpc) is 2.79. The van der Waals surface area contributed by atoms with E-state index in [4.69, 9.17) is 0 Å². The highest BCUT2D eigenvalue weighted by Gasteiger charge is 2.32. The minimum absolute atomic E-state index is 0.493. The van der Waals surface area contributed by atoms with Gasteiger partial charge >= 0.3 is 0 Å². The molecule has 1 aliphatic heterocycles. The van der Waals surface area contributed by atoms with E-state index < -0.39 is 0 Å². The molecule has 2 atom stereocenters. The Balaban J connectivity index is 2.40. The molecule has 6 nitrogen and oxygen atoms in total. The van der Waals surface area contributed by atoms with E-state index in [1.807, 2.05) is 26.0 Å². The normalized spacial score (nSPS) is 22.7. The van der Waals surface area contributed by atoms with Crippen LogP contribution in [0, 0.1) is 0 Å². The van der Waals surface area contributed by atoms with E-state index in [1.54, 1.807) is 0 Å². The molecule has 1 aromatic rings. The van der Waals surface area contributed by atoms with Gasteiger partial charge in [-0.2, -0.15) is 15.0 Å². The third-order valence-corrected chi connectivity index (χ3v) is 3.72. The van der Waals surface area contributed by atoms with Gasteiger partial charge in [0.05, 0.1) is 0 Å². The molecule has 6 heteroatoms. The fourth-order valence-electron chi connectivity index (χ4n) is 2.61. The highest BCUT2D eigenvalue weighted by Crippen LogP contribution is 2.30. The third-order valence-electron chi connectivity index (χ3n) is 3.72. The van der Waals surface area contributed by atoms with Crippen LogP contribution in [-0.2, 0) is 0 Å². The maximum absolute atomic E-state index is 4.60. The Hall–Kier alpha value is -1.59. The lowest BCUT2D eigenvalue weighted by atomic mass is 10.2. The number of rotatable bonds is 4. The van der Waals surface area contributed by atoms with E-state index in [0.29, 0.717) is 24.0 Å². The van der Waals surface area contributed by atoms with Gasteiger partial charge in [-0.1, -0.05) is 6.92 Å². The van der Waals surface area contributed by atoms with E-state index in [-0.39, 0.29) is 0 Å². The molecule has 1 saturated heterocycles. The summed E-state index contributed by atoms with van der Waals surface area (Å²) in [5.41, 5.74) is 0. The number of anilines is 3. The molecule has 0 aromatic carbocycles. The van der Waals surface area contributed by atoms with Crippen LogP contribution in [-0.4, -0.2) is 48.2 Å². The summed E-state index contributed by atoms with van der Waals surface area (Å²) in [4.78, 5) is 17.7. The Kier molecular flexibility index (Phi) is 4.07. The van der Waals surface area contributed by atoms with Gasteiger partial charge < -0.3 is 15.1 Å². The van der Waals surface area contributed by atoms with Crippen LogP contribution in [0.3, 0.4) is 0 Å². The smallest absolute Gasteiger partial charge is 0.232 e. The summed E-state index contributed by atoms with van der Waals surface area (Å²) in [5, 5.41) is 3.02. The van der Waals surface area contributed by atoms with Crippen LogP contribution in [0.1, 0.15) is 33.1 Å². The summed E-state index contributed by atoms with van der Waals surface area (Å²) in [6.07, 6.45) is 3.55. The Bertz CT molecular complexity index is 433. The van der Waals surface area contributed by atoms with Gasteiger partial charge in [-0.25, -0.2) is 0 Å². The zero-order chi connectivity index (χ0) is 14.0. The van der Waals surface area contributed by atoms with Crippen LogP contribution in [0.5, 0.6) is 0 Å². The average molecular weight is 264 g/mol. The molecule has 1 N–H and O–H groups in total. The maximum atomic E-state index is 4.60. The van der Waals surface area contributed by atoms with Gasteiger partial charge in [-0.05, 0) is 26.2 Å². The van der Waals surface area contributed by atoms with Crippen molar-refractivity contribution in [3.05, 3.63) is 0 Å². The molecule has 1 fully saturated rings. The summed E-state index contributed by atoms with van der Waals surface area (Å²) in [6, 6.07) is 1.03. The topological polar surface area (TPSA) is 57.2 Å². The Morgan fingerprint density at radius 2 is 2.00 bits per heavy atom. The van der Waals surface area contributed by atoms with Crippen molar-refractivity contribution in [3.63, 3.8) is 0 Å². The summed E-state index contributed by atoms with van der Waals surface area (Å²) in [5.74, 6) is 2.12. The van der Waals surface area contributed by atoms with Gasteiger partial charge in [0.15, 0.2) is 0 Å². The summed E-state index contributed by atoms with van der Waals surface area (Å²) >= 11 is 0. The second-order valence-electron chi connectivity index (χ2n) is 5.30. The van der Waals surface area contributed by atoms with Crippen LogP contribution in [0.15, 0.2) is 0 Å². The molecule has 106 valence electrons. The molecule has 1 aliphatic rings. The fraction of sp³-hybridized carbons (Fsp3) is 0.769. The molecule has 0 aliphatic carbocycles. The summed E-state index contributed by atoms with van der Waals surface area (Å²) in [7, 11) is 5.73. The van der Waals surface area contributed by atoms with E-state index in [9.17, 15) is 0 Å². The van der Waals surface area contributed by atoms with Crippen LogP contribution in [0.2, 0.25) is 0 Å². The van der Waals surface area contributed by atoms with Gasteiger partial charge in [0.25, 0.3) is 0 Å². The number of hydrogen-bond donors (Lipinski definition) is 1. The van der Waals surface area contributed by atoms with E-state index in [0.717, 1.165) is 12.4 Å². The lowest BCUT2D eigenvalue weighted by Crippen LogP contribution is -2.36. The van der Waals surface area contributed by atoms with Crippen molar-refractivity contribution >= 4 is 17.8 Å². The number of nitrogens with zero attached hydrogens (tertiary/aromatic N) is 5. The van der Waals surface area contributed by atoms with E-state index in [2.05, 4.69) is 39.0 Å². The molecular weight excluding hydrogens is 240 g/mol. The molecule has 2 unspecified atom stereocenters. The first-order valence-electron chi connectivity index (χ1n) is 6.96. The minimum atomic E-state index is 0.493. The van der Waals surface area contributed by atoms with Crippen molar-refractivity contribution in [2.75, 3.05) is 36.3 Å². The van der Waals surface area contributed by atoms with Gasteiger partial charge in [0, 0.05) is 33.2 Å². The standard InChI is InChI=1S/C13H24N6/c1-6-10-8-7-9(2)19(10)13-16-11(14-3)15-12(17-13)18(4)5/h9-10H,6-8H2,1-5H3,(H,14,15,16,17). The van der Waals surface area contributed by atoms with Crippen molar-refractivity contribution in [2.45, 2.75) is 45.2 Å². The van der Waals surface area contributed by atoms with Gasteiger partial charge in [0.1, 0.15) is 0 Å². The highest BCUT2D eigenvalue weighted by atomic mass is 15.4. The van der Waals surface area contributed by atoms with Crippen LogP contribution < -0.4 is 15.1 Å². The van der Waals surface area contributed by atoms with Crippen LogP contribution >= 0.6 is 0 Å². The monoisotopic (exact) mass is 264 g/mol. The van der Waals surface area contributed by atoms with Crippen molar-refractivity contribution < 1.29 is 0 Å². The number of nitrogens with one attached hydrogen (secondary N) is 1. The Morgan fingerprint density at radius 1 is 1.26 bits per heavy atom. The van der Waals surface area contributed by atoms with Gasteiger partial charge in [0.2, 0.25) is 17.8 Å². The van der Waals surface area contributed by atoms with Crippen molar-refractivity contribution in [3.8, 4) is 0 Å². The quantitative estimate of drug-likeness (QED) is 0.894. The van der Waals surface area contributed by atoms with E-state index in [1.165, 1.54) is 12.8 Å². The molecular formula is C13H24N6. The zero-order valence-electron chi connectivity index (χ0n) is 12.5. The van der Waals surface area contributed by atoms with E-state index >= 15 is 0 Å². The molecule has 19 heavy (non-hydrogen) atoms. The molecule has 2 heterocycles. The molecule has 0 saturated carbocycles. The minimum Gasteiger partial charge on any atom is -0.357 e. The first kappa shape index (κ1) is 13.8. The predicted octanol–water partition coefficient (Wildman–Crippen LogP) is 1.75. The molecule has 0 radical (unpaired) electrons. The predicted molar refractivity (Wildman–Crippen MR) is 79.0 cm³/mol. The first-order valence-corrected chi connectivity index (χ1v) is 6.96. The fourth-order valence-corrected chi connectivity index (χ4v) is 2.61. The molecule has 0 bridgehead atoms.